The Labute approximate surface area is 119 Å². The molecule has 1 nitrogen and oxygen atoms in total. The Bertz CT molecular complexity index is 584. The van der Waals surface area contributed by atoms with Crippen LogP contribution in [-0.2, 0) is 6.54 Å². The molecule has 0 heterocycles. The highest BCUT2D eigenvalue weighted by Crippen LogP contribution is 2.29. The Morgan fingerprint density at radius 1 is 1.16 bits per heavy atom. The summed E-state index contributed by atoms with van der Waals surface area (Å²) in [6.45, 7) is 3.15. The monoisotopic (exact) mass is 325 g/mol. The van der Waals surface area contributed by atoms with Gasteiger partial charge in [0.2, 0.25) is 0 Å². The molecule has 0 aliphatic heterocycles. The van der Waals surface area contributed by atoms with Gasteiger partial charge in [-0.1, -0.05) is 25.1 Å². The van der Waals surface area contributed by atoms with Gasteiger partial charge in [0.1, 0.15) is 11.6 Å². The second-order valence-electron chi connectivity index (χ2n) is 4.19. The van der Waals surface area contributed by atoms with Crippen LogP contribution in [0, 0.1) is 11.6 Å². The Balaban J connectivity index is 2.42. The molecule has 2 aromatic rings. The second-order valence-corrected chi connectivity index (χ2v) is 5.04. The van der Waals surface area contributed by atoms with Crippen molar-refractivity contribution < 1.29 is 8.78 Å². The van der Waals surface area contributed by atoms with Gasteiger partial charge in [0.05, 0.1) is 4.47 Å². The van der Waals surface area contributed by atoms with Gasteiger partial charge in [0, 0.05) is 17.7 Å². The molecule has 0 aliphatic rings. The van der Waals surface area contributed by atoms with Crippen LogP contribution in [0.4, 0.5) is 8.78 Å². The standard InChI is InChI=1S/C15H14BrF2N/c1-2-19-9-11-8-10(6-7-14(11)17)12-4-3-5-13(16)15(12)18/h3-8,19H,2,9H2,1H3. The Morgan fingerprint density at radius 3 is 2.68 bits per heavy atom. The normalized spacial score (nSPS) is 10.7. The SMILES string of the molecule is CCNCc1cc(-c2cccc(Br)c2F)ccc1F. The number of hydrogen-bond donors (Lipinski definition) is 1. The van der Waals surface area contributed by atoms with E-state index in [9.17, 15) is 8.78 Å². The first-order valence-electron chi connectivity index (χ1n) is 6.07. The van der Waals surface area contributed by atoms with Gasteiger partial charge in [-0.2, -0.15) is 0 Å². The zero-order chi connectivity index (χ0) is 13.8. The summed E-state index contributed by atoms with van der Waals surface area (Å²) in [4.78, 5) is 0. The van der Waals surface area contributed by atoms with Gasteiger partial charge < -0.3 is 5.32 Å². The molecule has 0 amide bonds. The van der Waals surface area contributed by atoms with E-state index in [1.54, 1.807) is 30.3 Å². The number of halogens is 3. The molecule has 100 valence electrons. The van der Waals surface area contributed by atoms with Crippen molar-refractivity contribution in [1.82, 2.24) is 5.32 Å². The van der Waals surface area contributed by atoms with E-state index >= 15 is 0 Å². The average molecular weight is 326 g/mol. The molecule has 0 saturated carbocycles. The second kappa shape index (κ2) is 6.26. The third kappa shape index (κ3) is 3.19. The molecule has 0 bridgehead atoms. The van der Waals surface area contributed by atoms with Gasteiger partial charge in [-0.3, -0.25) is 0 Å². The molecule has 19 heavy (non-hydrogen) atoms. The molecule has 0 unspecified atom stereocenters. The third-order valence-corrected chi connectivity index (χ3v) is 3.49. The Kier molecular flexibility index (Phi) is 4.66. The largest absolute Gasteiger partial charge is 0.313 e. The minimum absolute atomic E-state index is 0.278. The Hall–Kier alpha value is -1.26. The number of benzene rings is 2. The molecule has 0 aliphatic carbocycles. The summed E-state index contributed by atoms with van der Waals surface area (Å²) in [6.07, 6.45) is 0. The van der Waals surface area contributed by atoms with Crippen molar-refractivity contribution in [2.24, 2.45) is 0 Å². The zero-order valence-corrected chi connectivity index (χ0v) is 12.1. The van der Waals surface area contributed by atoms with Gasteiger partial charge in [-0.05, 0) is 46.2 Å². The molecule has 2 aromatic carbocycles. The van der Waals surface area contributed by atoms with E-state index in [-0.39, 0.29) is 11.6 Å². The molecule has 4 heteroatoms. The maximum atomic E-state index is 14.0. The van der Waals surface area contributed by atoms with Gasteiger partial charge in [-0.25, -0.2) is 8.78 Å². The van der Waals surface area contributed by atoms with Crippen LogP contribution in [0.25, 0.3) is 11.1 Å². The predicted molar refractivity (Wildman–Crippen MR) is 76.9 cm³/mol. The van der Waals surface area contributed by atoms with Crippen LogP contribution in [0.3, 0.4) is 0 Å². The zero-order valence-electron chi connectivity index (χ0n) is 10.5. The first-order chi connectivity index (χ1) is 9.13. The van der Waals surface area contributed by atoms with Gasteiger partial charge >= 0.3 is 0 Å². The third-order valence-electron chi connectivity index (χ3n) is 2.87. The maximum Gasteiger partial charge on any atom is 0.145 e. The van der Waals surface area contributed by atoms with E-state index in [0.29, 0.717) is 27.7 Å². The number of hydrogen-bond acceptors (Lipinski definition) is 1. The minimum atomic E-state index is -0.330. The summed E-state index contributed by atoms with van der Waals surface area (Å²) in [5.74, 6) is -0.608. The molecular formula is C15H14BrF2N. The van der Waals surface area contributed by atoms with Crippen LogP contribution in [-0.4, -0.2) is 6.54 Å². The summed E-state index contributed by atoms with van der Waals surface area (Å²) in [7, 11) is 0. The summed E-state index contributed by atoms with van der Waals surface area (Å²) in [5, 5.41) is 3.07. The minimum Gasteiger partial charge on any atom is -0.313 e. The molecule has 0 fully saturated rings. The lowest BCUT2D eigenvalue weighted by atomic mass is 10.0. The fourth-order valence-corrected chi connectivity index (χ4v) is 2.23. The molecule has 0 radical (unpaired) electrons. The fourth-order valence-electron chi connectivity index (χ4n) is 1.86. The molecule has 0 saturated heterocycles. The predicted octanol–water partition coefficient (Wildman–Crippen LogP) is 4.50. The van der Waals surface area contributed by atoms with Crippen LogP contribution in [0.5, 0.6) is 0 Å². The van der Waals surface area contributed by atoms with Gasteiger partial charge in [0.25, 0.3) is 0 Å². The molecule has 0 aromatic heterocycles. The summed E-state index contributed by atoms with van der Waals surface area (Å²) < 4.78 is 28.1. The summed E-state index contributed by atoms with van der Waals surface area (Å²) >= 11 is 3.16. The molecule has 2 rings (SSSR count). The van der Waals surface area contributed by atoms with Crippen LogP contribution in [0.2, 0.25) is 0 Å². The first-order valence-corrected chi connectivity index (χ1v) is 6.86. The van der Waals surface area contributed by atoms with E-state index in [1.807, 2.05) is 6.92 Å². The van der Waals surface area contributed by atoms with E-state index in [4.69, 9.17) is 0 Å². The lowest BCUT2D eigenvalue weighted by Gasteiger charge is -2.09. The number of rotatable bonds is 4. The molecular weight excluding hydrogens is 312 g/mol. The van der Waals surface area contributed by atoms with Crippen LogP contribution in [0.15, 0.2) is 40.9 Å². The highest BCUT2D eigenvalue weighted by Gasteiger charge is 2.10. The number of nitrogens with one attached hydrogen (secondary N) is 1. The van der Waals surface area contributed by atoms with Crippen LogP contribution < -0.4 is 5.32 Å². The maximum absolute atomic E-state index is 14.0. The van der Waals surface area contributed by atoms with E-state index in [0.717, 1.165) is 6.54 Å². The lowest BCUT2D eigenvalue weighted by Crippen LogP contribution is -2.13. The van der Waals surface area contributed by atoms with Gasteiger partial charge in [-0.15, -0.1) is 0 Å². The molecule has 0 atom stereocenters. The van der Waals surface area contributed by atoms with E-state index in [1.165, 1.54) is 6.07 Å². The smallest absolute Gasteiger partial charge is 0.145 e. The van der Waals surface area contributed by atoms with Crippen molar-refractivity contribution in [2.75, 3.05) is 6.54 Å². The van der Waals surface area contributed by atoms with Crippen LogP contribution in [0.1, 0.15) is 12.5 Å². The van der Waals surface area contributed by atoms with E-state index < -0.39 is 0 Å². The van der Waals surface area contributed by atoms with Crippen LogP contribution >= 0.6 is 15.9 Å². The first kappa shape index (κ1) is 14.2. The summed E-state index contributed by atoms with van der Waals surface area (Å²) in [6, 6.07) is 9.74. The molecule has 1 N–H and O–H groups in total. The van der Waals surface area contributed by atoms with Crippen molar-refractivity contribution in [3.05, 3.63) is 58.1 Å². The van der Waals surface area contributed by atoms with E-state index in [2.05, 4.69) is 21.2 Å². The van der Waals surface area contributed by atoms with Crippen molar-refractivity contribution in [3.63, 3.8) is 0 Å². The quantitative estimate of drug-likeness (QED) is 0.872. The highest BCUT2D eigenvalue weighted by atomic mass is 79.9. The highest BCUT2D eigenvalue weighted by molar-refractivity contribution is 9.10. The summed E-state index contributed by atoms with van der Waals surface area (Å²) in [5.41, 5.74) is 1.68. The molecule has 0 spiro atoms. The van der Waals surface area contributed by atoms with Crippen molar-refractivity contribution in [2.45, 2.75) is 13.5 Å². The van der Waals surface area contributed by atoms with Crippen molar-refractivity contribution in [3.8, 4) is 11.1 Å². The van der Waals surface area contributed by atoms with Gasteiger partial charge in [0.15, 0.2) is 0 Å². The van der Waals surface area contributed by atoms with Crippen molar-refractivity contribution >= 4 is 15.9 Å². The average Bonchev–Trinajstić information content (AvgIpc) is 2.41. The topological polar surface area (TPSA) is 12.0 Å². The fraction of sp³-hybridized carbons (Fsp3) is 0.200. The Morgan fingerprint density at radius 2 is 1.95 bits per heavy atom. The lowest BCUT2D eigenvalue weighted by molar-refractivity contribution is 0.593. The van der Waals surface area contributed by atoms with Crippen molar-refractivity contribution in [1.29, 1.82) is 0 Å².